The van der Waals surface area contributed by atoms with Gasteiger partial charge in [-0.2, -0.15) is 0 Å². The summed E-state index contributed by atoms with van der Waals surface area (Å²) in [6.07, 6.45) is 5.82. The minimum atomic E-state index is -3.50. The molecule has 5 heteroatoms. The van der Waals surface area contributed by atoms with Crippen LogP contribution in [0.1, 0.15) is 42.5 Å². The number of rotatable bonds is 5. The Balaban J connectivity index is 1.81. The smallest absolute Gasteiger partial charge is 0.242 e. The summed E-state index contributed by atoms with van der Waals surface area (Å²) in [5.74, 6) is 0.00155. The van der Waals surface area contributed by atoms with Gasteiger partial charge in [-0.05, 0) is 42.2 Å². The Kier molecular flexibility index (Phi) is 4.99. The first kappa shape index (κ1) is 18.5. The van der Waals surface area contributed by atoms with Gasteiger partial charge in [0, 0.05) is 21.8 Å². The van der Waals surface area contributed by atoms with E-state index in [1.807, 2.05) is 60.7 Å². The van der Waals surface area contributed by atoms with E-state index in [0.29, 0.717) is 0 Å². The maximum absolute atomic E-state index is 13.2. The maximum Gasteiger partial charge on any atom is 0.242 e. The quantitative estimate of drug-likeness (QED) is 0.522. The van der Waals surface area contributed by atoms with Crippen molar-refractivity contribution in [2.24, 2.45) is 0 Å². The number of benzene rings is 2. The zero-order chi connectivity index (χ0) is 18.9. The molecule has 140 valence electrons. The Morgan fingerprint density at radius 2 is 1.56 bits per heavy atom. The molecule has 0 N–H and O–H groups in total. The van der Waals surface area contributed by atoms with Crippen molar-refractivity contribution in [1.29, 1.82) is 0 Å². The molecule has 3 nitrogen and oxygen atoms in total. The zero-order valence-corrected chi connectivity index (χ0v) is 17.4. The number of aromatic nitrogens is 1. The highest BCUT2D eigenvalue weighted by Gasteiger charge is 2.42. The van der Waals surface area contributed by atoms with Crippen LogP contribution in [0.5, 0.6) is 0 Å². The number of nitrogens with zero attached hydrogens (tertiary/aromatic N) is 1. The van der Waals surface area contributed by atoms with Gasteiger partial charge in [0.1, 0.15) is 0 Å². The molecular weight excluding hydrogens is 422 g/mol. The molecule has 0 radical (unpaired) electrons. The summed E-state index contributed by atoms with van der Waals surface area (Å²) in [6, 6.07) is 21.4. The van der Waals surface area contributed by atoms with Gasteiger partial charge in [-0.1, -0.05) is 77.3 Å². The topological polar surface area (TPSA) is 39.1 Å². The first-order valence-electron chi connectivity index (χ1n) is 9.23. The van der Waals surface area contributed by atoms with Crippen LogP contribution in [-0.4, -0.2) is 12.4 Å². The summed E-state index contributed by atoms with van der Waals surface area (Å²) >= 11 is 3.70. The van der Waals surface area contributed by atoms with E-state index in [-0.39, 0.29) is 11.2 Å². The number of hydrogen-bond acceptors (Lipinski definition) is 2. The molecule has 1 saturated carbocycles. The average molecular weight is 444 g/mol. The molecule has 27 heavy (non-hydrogen) atoms. The van der Waals surface area contributed by atoms with Crippen LogP contribution < -0.4 is 0 Å². The normalized spacial score (nSPS) is 16.5. The fourth-order valence-corrected chi connectivity index (χ4v) is 6.53. The Morgan fingerprint density at radius 1 is 0.889 bits per heavy atom. The summed E-state index contributed by atoms with van der Waals surface area (Å²) < 4.78 is 29.1. The third-order valence-electron chi connectivity index (χ3n) is 5.54. The molecule has 0 saturated heterocycles. The first-order valence-corrected chi connectivity index (χ1v) is 11.6. The van der Waals surface area contributed by atoms with E-state index in [0.717, 1.165) is 41.4 Å². The van der Waals surface area contributed by atoms with Crippen LogP contribution in [0.2, 0.25) is 0 Å². The van der Waals surface area contributed by atoms with Gasteiger partial charge >= 0.3 is 0 Å². The minimum absolute atomic E-state index is 0.00155. The van der Waals surface area contributed by atoms with Gasteiger partial charge in [-0.3, -0.25) is 0 Å². The molecule has 4 rings (SSSR count). The fourth-order valence-electron chi connectivity index (χ4n) is 4.32. The van der Waals surface area contributed by atoms with E-state index >= 15 is 0 Å². The third kappa shape index (κ3) is 3.39. The summed E-state index contributed by atoms with van der Waals surface area (Å²) in [4.78, 5) is 0. The summed E-state index contributed by atoms with van der Waals surface area (Å²) in [6.45, 7) is 0. The Hall–Kier alpha value is -1.85. The predicted octanol–water partition coefficient (Wildman–Crippen LogP) is 5.49. The van der Waals surface area contributed by atoms with E-state index in [9.17, 15) is 8.42 Å². The van der Waals surface area contributed by atoms with Crippen molar-refractivity contribution in [3.63, 3.8) is 0 Å². The molecule has 0 bridgehead atoms. The highest BCUT2D eigenvalue weighted by Crippen LogP contribution is 2.49. The lowest BCUT2D eigenvalue weighted by atomic mass is 9.76. The predicted molar refractivity (Wildman–Crippen MR) is 112 cm³/mol. The number of halogens is 1. The average Bonchev–Trinajstić information content (AvgIpc) is 3.33. The zero-order valence-electron chi connectivity index (χ0n) is 15.0. The Bertz CT molecular complexity index is 1030. The second-order valence-electron chi connectivity index (χ2n) is 7.20. The van der Waals surface area contributed by atoms with Crippen LogP contribution in [-0.2, 0) is 21.2 Å². The summed E-state index contributed by atoms with van der Waals surface area (Å²) in [5.41, 5.74) is 2.59. The van der Waals surface area contributed by atoms with E-state index in [1.54, 1.807) is 6.20 Å². The molecule has 1 aliphatic rings. The molecule has 0 spiro atoms. The van der Waals surface area contributed by atoms with E-state index in [2.05, 4.69) is 22.0 Å². The highest BCUT2D eigenvalue weighted by molar-refractivity contribution is 9.10. The van der Waals surface area contributed by atoms with Crippen molar-refractivity contribution >= 4 is 26.0 Å². The number of hydrogen-bond donors (Lipinski definition) is 0. The van der Waals surface area contributed by atoms with Gasteiger partial charge in [-0.25, -0.2) is 12.4 Å². The maximum atomic E-state index is 13.2. The van der Waals surface area contributed by atoms with Gasteiger partial charge in [0.05, 0.1) is 5.75 Å². The van der Waals surface area contributed by atoms with Crippen molar-refractivity contribution in [2.75, 3.05) is 0 Å². The van der Waals surface area contributed by atoms with Gasteiger partial charge in [-0.15, -0.1) is 0 Å². The highest BCUT2D eigenvalue weighted by atomic mass is 79.9. The van der Waals surface area contributed by atoms with Crippen LogP contribution in [0.3, 0.4) is 0 Å². The standard InChI is InChI=1S/C22H22BrNO2S/c23-20-12-5-4-11-19(20)22(14-6-7-15-22)21-13-8-16-24(21)27(25,26)17-18-9-2-1-3-10-18/h1-5,8-13,16H,6-7,14-15,17H2. The molecule has 0 aliphatic heterocycles. The van der Waals surface area contributed by atoms with Crippen molar-refractivity contribution in [1.82, 2.24) is 3.97 Å². The van der Waals surface area contributed by atoms with Crippen molar-refractivity contribution in [2.45, 2.75) is 36.9 Å². The third-order valence-corrected chi connectivity index (χ3v) is 7.85. The first-order chi connectivity index (χ1) is 13.0. The molecule has 3 aromatic rings. The van der Waals surface area contributed by atoms with Gasteiger partial charge < -0.3 is 0 Å². The van der Waals surface area contributed by atoms with Crippen LogP contribution in [0.25, 0.3) is 0 Å². The van der Waals surface area contributed by atoms with Crippen LogP contribution in [0, 0.1) is 0 Å². The van der Waals surface area contributed by atoms with Gasteiger partial charge in [0.25, 0.3) is 0 Å². The van der Waals surface area contributed by atoms with Crippen molar-refractivity contribution in [3.05, 3.63) is 94.2 Å². The molecule has 1 heterocycles. The molecule has 1 aromatic heterocycles. The molecule has 1 fully saturated rings. The SMILES string of the molecule is O=S(=O)(Cc1ccccc1)n1cccc1C1(c2ccccc2Br)CCCC1. The van der Waals surface area contributed by atoms with Crippen molar-refractivity contribution < 1.29 is 8.42 Å². The largest absolute Gasteiger partial charge is 0.249 e. The van der Waals surface area contributed by atoms with Crippen LogP contribution in [0.15, 0.2) is 77.4 Å². The van der Waals surface area contributed by atoms with E-state index < -0.39 is 10.0 Å². The van der Waals surface area contributed by atoms with Gasteiger partial charge in [0.2, 0.25) is 10.0 Å². The molecule has 0 amide bonds. The lowest BCUT2D eigenvalue weighted by Crippen LogP contribution is -2.30. The second kappa shape index (κ2) is 7.28. The van der Waals surface area contributed by atoms with Crippen LogP contribution in [0.4, 0.5) is 0 Å². The lowest BCUT2D eigenvalue weighted by Gasteiger charge is -2.32. The Morgan fingerprint density at radius 3 is 2.26 bits per heavy atom. The summed E-state index contributed by atoms with van der Waals surface area (Å²) in [7, 11) is -3.50. The van der Waals surface area contributed by atoms with Crippen LogP contribution >= 0.6 is 15.9 Å². The summed E-state index contributed by atoms with van der Waals surface area (Å²) in [5, 5.41) is 0. The second-order valence-corrected chi connectivity index (χ2v) is 9.90. The molecule has 0 unspecified atom stereocenters. The monoisotopic (exact) mass is 443 g/mol. The minimum Gasteiger partial charge on any atom is -0.249 e. The molecule has 2 aromatic carbocycles. The van der Waals surface area contributed by atoms with E-state index in [4.69, 9.17) is 0 Å². The molecular formula is C22H22BrNO2S. The molecule has 1 aliphatic carbocycles. The van der Waals surface area contributed by atoms with Gasteiger partial charge in [0.15, 0.2) is 0 Å². The fraction of sp³-hybridized carbons (Fsp3) is 0.273. The van der Waals surface area contributed by atoms with E-state index in [1.165, 1.54) is 9.54 Å². The Labute approximate surface area is 169 Å². The lowest BCUT2D eigenvalue weighted by molar-refractivity contribution is 0.505. The molecule has 0 atom stereocenters. The van der Waals surface area contributed by atoms with Crippen molar-refractivity contribution in [3.8, 4) is 0 Å².